The zero-order valence-corrected chi connectivity index (χ0v) is 11.9. The van der Waals surface area contributed by atoms with Crippen LogP contribution in [0.4, 0.5) is 5.69 Å². The first-order valence-corrected chi connectivity index (χ1v) is 5.79. The van der Waals surface area contributed by atoms with Crippen LogP contribution in [0.2, 0.25) is 0 Å². The number of benzene rings is 1. The van der Waals surface area contributed by atoms with Crippen LogP contribution >= 0.6 is 24.8 Å². The smallest absolute Gasteiger partial charge is 0.0379 e. The maximum atomic E-state index is 3.66. The maximum Gasteiger partial charge on any atom is 0.0379 e. The highest BCUT2D eigenvalue weighted by Gasteiger charge is 2.35. The molecule has 0 saturated carbocycles. The molecule has 17 heavy (non-hydrogen) atoms. The molecular formula is C13H20Cl2N2. The van der Waals surface area contributed by atoms with Crippen molar-refractivity contribution in [2.75, 3.05) is 25.5 Å². The number of piperidine rings is 1. The lowest BCUT2D eigenvalue weighted by Crippen LogP contribution is -2.39. The second kappa shape index (κ2) is 5.47. The van der Waals surface area contributed by atoms with Gasteiger partial charge in [0.25, 0.3) is 0 Å². The lowest BCUT2D eigenvalue weighted by Gasteiger charge is -2.32. The Morgan fingerprint density at radius 1 is 1.29 bits per heavy atom. The van der Waals surface area contributed by atoms with E-state index >= 15 is 0 Å². The fourth-order valence-electron chi connectivity index (χ4n) is 2.92. The van der Waals surface area contributed by atoms with E-state index in [1.165, 1.54) is 36.3 Å². The van der Waals surface area contributed by atoms with Gasteiger partial charge in [-0.1, -0.05) is 17.7 Å². The molecule has 1 fully saturated rings. The molecule has 2 atom stereocenters. The van der Waals surface area contributed by atoms with Gasteiger partial charge in [0, 0.05) is 24.2 Å². The zero-order chi connectivity index (χ0) is 10.4. The Kier molecular flexibility index (Phi) is 4.70. The third-order valence-electron chi connectivity index (χ3n) is 3.76. The van der Waals surface area contributed by atoms with E-state index in [-0.39, 0.29) is 24.8 Å². The summed E-state index contributed by atoms with van der Waals surface area (Å²) in [6.07, 6.45) is 1.27. The summed E-state index contributed by atoms with van der Waals surface area (Å²) >= 11 is 0. The molecular weight excluding hydrogens is 255 g/mol. The van der Waals surface area contributed by atoms with Crippen molar-refractivity contribution in [3.8, 4) is 0 Å². The van der Waals surface area contributed by atoms with Crippen LogP contribution in [0, 0.1) is 6.92 Å². The lowest BCUT2D eigenvalue weighted by molar-refractivity contribution is 0.243. The fraction of sp³-hybridized carbons (Fsp3) is 0.538. The van der Waals surface area contributed by atoms with Crippen molar-refractivity contribution in [2.24, 2.45) is 0 Å². The van der Waals surface area contributed by atoms with Gasteiger partial charge >= 0.3 is 0 Å². The molecule has 1 aromatic rings. The molecule has 1 saturated heterocycles. The minimum Gasteiger partial charge on any atom is -0.381 e. The van der Waals surface area contributed by atoms with Crippen molar-refractivity contribution in [1.82, 2.24) is 4.90 Å². The molecule has 2 nitrogen and oxygen atoms in total. The molecule has 0 aliphatic carbocycles. The number of halogens is 2. The molecule has 1 N–H and O–H groups in total. The lowest BCUT2D eigenvalue weighted by atomic mass is 9.89. The van der Waals surface area contributed by atoms with Crippen molar-refractivity contribution in [1.29, 1.82) is 0 Å². The Labute approximate surface area is 116 Å². The summed E-state index contributed by atoms with van der Waals surface area (Å²) in [6, 6.07) is 7.47. The van der Waals surface area contributed by atoms with Gasteiger partial charge in [-0.2, -0.15) is 0 Å². The highest BCUT2D eigenvalue weighted by molar-refractivity contribution is 5.85. The Hall–Kier alpha value is -0.440. The predicted octanol–water partition coefficient (Wildman–Crippen LogP) is 3.05. The molecule has 0 spiro atoms. The maximum absolute atomic E-state index is 3.66. The van der Waals surface area contributed by atoms with Crippen LogP contribution in [0.3, 0.4) is 0 Å². The monoisotopic (exact) mass is 274 g/mol. The first-order chi connectivity index (χ1) is 7.24. The van der Waals surface area contributed by atoms with Crippen molar-refractivity contribution < 1.29 is 0 Å². The normalized spacial score (nSPS) is 26.0. The number of hydrogen-bond acceptors (Lipinski definition) is 2. The molecule has 0 bridgehead atoms. The number of nitrogens with one attached hydrogen (secondary N) is 1. The van der Waals surface area contributed by atoms with Gasteiger partial charge in [-0.05, 0) is 38.6 Å². The molecule has 96 valence electrons. The van der Waals surface area contributed by atoms with Crippen molar-refractivity contribution >= 4 is 30.5 Å². The van der Waals surface area contributed by atoms with E-state index in [2.05, 4.69) is 42.4 Å². The molecule has 1 aromatic carbocycles. The van der Waals surface area contributed by atoms with Crippen LogP contribution in [-0.2, 0) is 0 Å². The van der Waals surface area contributed by atoms with Gasteiger partial charge in [-0.3, -0.25) is 0 Å². The minimum atomic E-state index is 0. The first kappa shape index (κ1) is 14.6. The molecule has 0 unspecified atom stereocenters. The highest BCUT2D eigenvalue weighted by atomic mass is 35.5. The molecule has 2 heterocycles. The topological polar surface area (TPSA) is 15.3 Å². The molecule has 4 heteroatoms. The second-order valence-corrected chi connectivity index (χ2v) is 5.00. The Morgan fingerprint density at radius 2 is 2.06 bits per heavy atom. The van der Waals surface area contributed by atoms with Crippen LogP contribution in [0.15, 0.2) is 18.2 Å². The Bertz CT molecular complexity index is 395. The number of likely N-dealkylation sites (tertiary alicyclic amines) is 1. The summed E-state index contributed by atoms with van der Waals surface area (Å²) in [6.45, 7) is 4.61. The molecule has 3 rings (SSSR count). The zero-order valence-electron chi connectivity index (χ0n) is 10.3. The highest BCUT2D eigenvalue weighted by Crippen LogP contribution is 2.40. The van der Waals surface area contributed by atoms with Crippen molar-refractivity contribution in [3.05, 3.63) is 29.3 Å². The largest absolute Gasteiger partial charge is 0.381 e. The minimum absolute atomic E-state index is 0. The number of aryl methyl sites for hydroxylation is 1. The first-order valence-electron chi connectivity index (χ1n) is 5.79. The number of hydrogen-bond donors (Lipinski definition) is 1. The predicted molar refractivity (Wildman–Crippen MR) is 77.9 cm³/mol. The van der Waals surface area contributed by atoms with E-state index in [0.29, 0.717) is 12.0 Å². The average Bonchev–Trinajstić information content (AvgIpc) is 2.56. The van der Waals surface area contributed by atoms with E-state index in [4.69, 9.17) is 0 Å². The summed E-state index contributed by atoms with van der Waals surface area (Å²) in [5, 5.41) is 3.66. The summed E-state index contributed by atoms with van der Waals surface area (Å²) in [7, 11) is 2.23. The number of fused-ring (bicyclic) bond motifs is 3. The quantitative estimate of drug-likeness (QED) is 0.783. The SMILES string of the molecule is Cc1ccc2c(c1)[C@H]1CN(C)CC[C@@H]1N2.Cl.Cl. The van der Waals surface area contributed by atoms with E-state index < -0.39 is 0 Å². The van der Waals surface area contributed by atoms with Crippen LogP contribution in [0.1, 0.15) is 23.5 Å². The Morgan fingerprint density at radius 3 is 2.82 bits per heavy atom. The standard InChI is InChI=1S/C13H18N2.2ClH/c1-9-3-4-12-10(7-9)11-8-15(2)6-5-13(11)14-12;;/h3-4,7,11,13-14H,5-6,8H2,1-2H3;2*1H/t11-,13+;;/m1../s1. The fourth-order valence-corrected chi connectivity index (χ4v) is 2.92. The van der Waals surface area contributed by atoms with Gasteiger partial charge in [0.15, 0.2) is 0 Å². The van der Waals surface area contributed by atoms with Crippen molar-refractivity contribution in [2.45, 2.75) is 25.3 Å². The van der Waals surface area contributed by atoms with Gasteiger partial charge in [0.2, 0.25) is 0 Å². The van der Waals surface area contributed by atoms with Gasteiger partial charge in [-0.25, -0.2) is 0 Å². The number of likely N-dealkylation sites (N-methyl/N-ethyl adjacent to an activating group) is 1. The van der Waals surface area contributed by atoms with Gasteiger partial charge in [-0.15, -0.1) is 24.8 Å². The second-order valence-electron chi connectivity index (χ2n) is 5.00. The van der Waals surface area contributed by atoms with Crippen LogP contribution in [0.25, 0.3) is 0 Å². The van der Waals surface area contributed by atoms with E-state index in [0.717, 1.165) is 0 Å². The van der Waals surface area contributed by atoms with Crippen LogP contribution < -0.4 is 5.32 Å². The van der Waals surface area contributed by atoms with Crippen LogP contribution in [-0.4, -0.2) is 31.1 Å². The molecule has 0 aromatic heterocycles. The number of nitrogens with zero attached hydrogens (tertiary/aromatic N) is 1. The van der Waals surface area contributed by atoms with Gasteiger partial charge in [0.05, 0.1) is 0 Å². The third-order valence-corrected chi connectivity index (χ3v) is 3.76. The van der Waals surface area contributed by atoms with Crippen LogP contribution in [0.5, 0.6) is 0 Å². The summed E-state index contributed by atoms with van der Waals surface area (Å²) in [4.78, 5) is 2.44. The molecule has 0 amide bonds. The summed E-state index contributed by atoms with van der Waals surface area (Å²) in [5.41, 5.74) is 4.28. The van der Waals surface area contributed by atoms with E-state index in [1.807, 2.05) is 0 Å². The summed E-state index contributed by atoms with van der Waals surface area (Å²) in [5.74, 6) is 0.707. The number of anilines is 1. The molecule has 2 aliphatic heterocycles. The average molecular weight is 275 g/mol. The van der Waals surface area contributed by atoms with E-state index in [9.17, 15) is 0 Å². The number of rotatable bonds is 0. The molecule has 2 aliphatic rings. The molecule has 0 radical (unpaired) electrons. The summed E-state index contributed by atoms with van der Waals surface area (Å²) < 4.78 is 0. The van der Waals surface area contributed by atoms with Gasteiger partial charge in [0.1, 0.15) is 0 Å². The third kappa shape index (κ3) is 2.54. The van der Waals surface area contributed by atoms with E-state index in [1.54, 1.807) is 0 Å². The Balaban J connectivity index is 0.000000722. The van der Waals surface area contributed by atoms with Crippen molar-refractivity contribution in [3.63, 3.8) is 0 Å². The van der Waals surface area contributed by atoms with Gasteiger partial charge < -0.3 is 10.2 Å².